The number of rotatable bonds is 10. The SMILES string of the molecule is CNCc1cc(O)cc([C@]23CC[C@]45C[C@@]67[C@@H](CO)CC[C@H]8CCC[C@@H]9CC[C@H]([C@@H](O)[C@H]%10O[C@]%10(C)[C@H]%10CCC[C@@H]%10c%10cc(N)cc(CC(C)C)c%10)[C@H](C%10=C(CC[C@@H]6[C@](C)(C2)[C@@H]4[C@@](C)(CCCC[C@@](C)(O)CN5)C3=O)[C@]7(C)CC%10=O)[C@H]98)c1. The Kier molecular flexibility index (Phi) is 13.6. The average Bonchev–Trinajstić information content (AvgIpc) is 2.98. The van der Waals surface area contributed by atoms with Crippen LogP contribution in [0.15, 0.2) is 47.5 Å². The number of Topliss-reactive ketones (excluding diaryl/α,β-unsaturated/α-hetero) is 2. The molecule has 20 atom stereocenters. The van der Waals surface area contributed by atoms with E-state index in [1.54, 1.807) is 0 Å². The summed E-state index contributed by atoms with van der Waals surface area (Å²) in [6.07, 6.45) is 18.6. The second kappa shape index (κ2) is 19.5. The number of nitrogens with two attached hydrogens (primary N) is 1. The Morgan fingerprint density at radius 2 is 1.57 bits per heavy atom. The van der Waals surface area contributed by atoms with Crippen LogP contribution in [0.4, 0.5) is 5.69 Å². The number of epoxide rings is 1. The minimum atomic E-state index is -0.951. The molecule has 8 saturated carbocycles. The number of benzene rings is 2. The lowest BCUT2D eigenvalue weighted by Crippen LogP contribution is -2.77. The summed E-state index contributed by atoms with van der Waals surface area (Å²) in [6.45, 7) is 17.2. The Balaban J connectivity index is 0.947. The van der Waals surface area contributed by atoms with Crippen molar-refractivity contribution in [3.05, 3.63) is 69.8 Å². The fourth-order valence-electron chi connectivity index (χ4n) is 24.2. The van der Waals surface area contributed by atoms with Crippen LogP contribution in [0.5, 0.6) is 5.75 Å². The molecule has 10 heteroatoms. The summed E-state index contributed by atoms with van der Waals surface area (Å²) in [6, 6.07) is 12.7. The van der Waals surface area contributed by atoms with Gasteiger partial charge in [-0.25, -0.2) is 0 Å². The van der Waals surface area contributed by atoms with E-state index in [2.05, 4.69) is 76.4 Å². The Morgan fingerprint density at radius 3 is 2.33 bits per heavy atom. The molecule has 438 valence electrons. The Morgan fingerprint density at radius 1 is 0.825 bits per heavy atom. The van der Waals surface area contributed by atoms with Crippen LogP contribution in [0.1, 0.15) is 211 Å². The maximum absolute atomic E-state index is 16.4. The van der Waals surface area contributed by atoms with Gasteiger partial charge in [0.05, 0.1) is 22.7 Å². The second-order valence-corrected chi connectivity index (χ2v) is 31.4. The van der Waals surface area contributed by atoms with Gasteiger partial charge >= 0.3 is 0 Å². The molecule has 10 nitrogen and oxygen atoms in total. The van der Waals surface area contributed by atoms with E-state index in [1.165, 1.54) is 29.5 Å². The highest BCUT2D eigenvalue weighted by Crippen LogP contribution is 2.82. The van der Waals surface area contributed by atoms with Gasteiger partial charge in [-0.05, 0) is 245 Å². The maximum Gasteiger partial charge on any atom is 0.160 e. The van der Waals surface area contributed by atoms with Gasteiger partial charge in [-0.3, -0.25) is 9.59 Å². The quantitative estimate of drug-likeness (QED) is 0.0895. The van der Waals surface area contributed by atoms with E-state index in [1.807, 2.05) is 26.1 Å². The molecule has 2 aliphatic heterocycles. The number of nitrogen functional groups attached to an aromatic ring is 1. The second-order valence-electron chi connectivity index (χ2n) is 31.4. The molecule has 9 bridgehead atoms. The molecule has 0 aromatic heterocycles. The highest BCUT2D eigenvalue weighted by atomic mass is 16.6. The fourth-order valence-corrected chi connectivity index (χ4v) is 24.2. The van der Waals surface area contributed by atoms with Gasteiger partial charge in [0.25, 0.3) is 0 Å². The van der Waals surface area contributed by atoms with Crippen LogP contribution in [0.3, 0.4) is 0 Å². The number of anilines is 1. The van der Waals surface area contributed by atoms with E-state index in [-0.39, 0.29) is 59.8 Å². The molecule has 14 rings (SSSR count). The van der Waals surface area contributed by atoms with Gasteiger partial charge in [-0.1, -0.05) is 90.8 Å². The van der Waals surface area contributed by atoms with Crippen molar-refractivity contribution >= 4 is 17.3 Å². The Bertz CT molecular complexity index is 2830. The van der Waals surface area contributed by atoms with E-state index >= 15 is 9.59 Å². The van der Waals surface area contributed by atoms with Crippen molar-refractivity contribution in [2.45, 2.75) is 237 Å². The molecule has 12 aliphatic rings. The number of nitrogens with one attached hydrogen (secondary N) is 2. The third-order valence-corrected chi connectivity index (χ3v) is 26.6. The van der Waals surface area contributed by atoms with Gasteiger partial charge < -0.3 is 41.5 Å². The van der Waals surface area contributed by atoms with Gasteiger partial charge in [0.1, 0.15) is 17.6 Å². The molecule has 80 heavy (non-hydrogen) atoms. The van der Waals surface area contributed by atoms with E-state index in [4.69, 9.17) is 10.5 Å². The van der Waals surface area contributed by atoms with Crippen molar-refractivity contribution in [2.75, 3.05) is 25.9 Å². The number of fused-ring (bicyclic) bond motifs is 2. The molecular weight excluding hydrogens is 995 g/mol. The summed E-state index contributed by atoms with van der Waals surface area (Å²) in [5.74, 6) is 2.97. The number of ether oxygens (including phenoxy) is 1. The number of allylic oxidation sites excluding steroid dienone is 2. The number of β-amino-alcohol motifs (C(OH)–C–C–N with tert-alkyl or cyclic N) is 1. The van der Waals surface area contributed by atoms with E-state index in [0.29, 0.717) is 74.1 Å². The van der Waals surface area contributed by atoms with Crippen LogP contribution in [0.25, 0.3) is 0 Å². The number of aromatic hydroxyl groups is 1. The number of ketones is 2. The van der Waals surface area contributed by atoms with Crippen molar-refractivity contribution in [2.24, 2.45) is 80.8 Å². The Labute approximate surface area is 479 Å². The molecule has 2 aromatic carbocycles. The molecule has 0 amide bonds. The largest absolute Gasteiger partial charge is 0.508 e. The van der Waals surface area contributed by atoms with Crippen LogP contribution >= 0.6 is 0 Å². The van der Waals surface area contributed by atoms with Crippen molar-refractivity contribution < 1.29 is 34.8 Å². The summed E-state index contributed by atoms with van der Waals surface area (Å²) in [5.41, 5.74) is 9.34. The normalized spacial score (nSPS) is 47.1. The van der Waals surface area contributed by atoms with Crippen LogP contribution < -0.4 is 16.4 Å². The zero-order valence-electron chi connectivity index (χ0n) is 50.2. The summed E-state index contributed by atoms with van der Waals surface area (Å²) in [7, 11) is 1.93. The van der Waals surface area contributed by atoms with E-state index in [9.17, 15) is 20.4 Å². The lowest BCUT2D eigenvalue weighted by Gasteiger charge is -2.75. The van der Waals surface area contributed by atoms with Gasteiger partial charge in [0.15, 0.2) is 5.78 Å². The van der Waals surface area contributed by atoms with Gasteiger partial charge in [-0.2, -0.15) is 0 Å². The topological polar surface area (TPSA) is 178 Å². The van der Waals surface area contributed by atoms with Crippen LogP contribution in [0, 0.1) is 80.8 Å². The lowest BCUT2D eigenvalue weighted by atomic mass is 9.29. The van der Waals surface area contributed by atoms with Crippen LogP contribution in [-0.2, 0) is 32.7 Å². The fraction of sp³-hybridized carbons (Fsp3) is 0.771. The number of aliphatic hydroxyl groups excluding tert-OH is 2. The van der Waals surface area contributed by atoms with E-state index in [0.717, 1.165) is 125 Å². The molecule has 1 spiro atoms. The van der Waals surface area contributed by atoms with Gasteiger partial charge in [-0.15, -0.1) is 0 Å². The number of hydrogen-bond donors (Lipinski definition) is 7. The zero-order chi connectivity index (χ0) is 56.3. The first kappa shape index (κ1) is 56.0. The third-order valence-electron chi connectivity index (χ3n) is 26.6. The van der Waals surface area contributed by atoms with Crippen molar-refractivity contribution in [3.63, 3.8) is 0 Å². The number of hydrogen-bond acceptors (Lipinski definition) is 10. The molecular formula is C70H101N3O7. The van der Waals surface area contributed by atoms with Crippen LogP contribution in [-0.4, -0.2) is 81.1 Å². The lowest BCUT2D eigenvalue weighted by molar-refractivity contribution is -0.244. The summed E-state index contributed by atoms with van der Waals surface area (Å²) >= 11 is 0. The summed E-state index contributed by atoms with van der Waals surface area (Å²) < 4.78 is 7.04. The summed E-state index contributed by atoms with van der Waals surface area (Å²) in [4.78, 5) is 32.7. The number of carbonyl (C=O) groups excluding carboxylic acids is 2. The van der Waals surface area contributed by atoms with E-state index < -0.39 is 49.9 Å². The third kappa shape index (κ3) is 8.08. The molecule has 8 N–H and O–H groups in total. The zero-order valence-corrected chi connectivity index (χ0v) is 50.2. The van der Waals surface area contributed by atoms with Gasteiger partial charge in [0, 0.05) is 48.2 Å². The van der Waals surface area contributed by atoms with Crippen molar-refractivity contribution in [3.8, 4) is 5.75 Å². The minimum absolute atomic E-state index is 0.0419. The van der Waals surface area contributed by atoms with Crippen LogP contribution in [0.2, 0.25) is 0 Å². The predicted octanol–water partition coefficient (Wildman–Crippen LogP) is 11.8. The first-order valence-corrected chi connectivity index (χ1v) is 32.6. The highest BCUT2D eigenvalue weighted by molar-refractivity contribution is 6.01. The standard InChI is InChI=1S/C70H101N3O7/c1-40(2)27-41-28-45(32-48(71)30-41)50-15-12-16-52(50)67(7)60(80-67)59(77)51-20-18-44-14-11-13-43-17-19-46(36-74)70-38-69-26-25-68(47-29-42(35-72-8)31-49(75)33-47)37-65(5,61(69)64(4,62(68)78)24-10-9-23-63(3,79)39-73-69)55(70)22-21-53-58(57(51)56(43)44)54(76)34-66(53,70)6/h28-33,40,43-44,46,50-52,55-57,59-61,72-75,77,79H,9-27,34-39,71H2,1-8H3/t43-,44-,46-,50-,51+,52+,55-,56+,57+,59-,60-,61+,63-,64-,65+,66+,67-,68+,69+,70-/m1/s1. The molecule has 10 aliphatic carbocycles. The minimum Gasteiger partial charge on any atom is -0.508 e. The molecule has 0 unspecified atom stereocenters. The number of phenols is 1. The maximum atomic E-state index is 16.4. The predicted molar refractivity (Wildman–Crippen MR) is 315 cm³/mol. The first-order chi connectivity index (χ1) is 38.0. The highest BCUT2D eigenvalue weighted by Gasteiger charge is 2.81. The monoisotopic (exact) mass is 1100 g/mol. The molecule has 2 saturated heterocycles. The molecule has 10 fully saturated rings. The van der Waals surface area contributed by atoms with Gasteiger partial charge in [0.2, 0.25) is 0 Å². The molecule has 2 aromatic rings. The first-order valence-electron chi connectivity index (χ1n) is 32.6. The van der Waals surface area contributed by atoms with Crippen molar-refractivity contribution in [1.29, 1.82) is 0 Å². The average molecular weight is 1100 g/mol. The van der Waals surface area contributed by atoms with Crippen molar-refractivity contribution in [1.82, 2.24) is 10.6 Å². The number of phenolic OH excluding ortho intramolecular Hbond substituents is 1. The molecule has 0 radical (unpaired) electrons. The summed E-state index contributed by atoms with van der Waals surface area (Å²) in [5, 5.41) is 57.5. The Hall–Kier alpha value is -3.12. The number of carbonyl (C=O) groups is 2. The molecule has 2 heterocycles. The number of aliphatic hydroxyl groups is 3. The smallest absolute Gasteiger partial charge is 0.160 e.